The number of aromatic nitrogens is 3. The number of aromatic amines is 1. The molecule has 0 aliphatic heterocycles. The lowest BCUT2D eigenvalue weighted by atomic mass is 10.1. The van der Waals surface area contributed by atoms with E-state index in [1.807, 2.05) is 0 Å². The van der Waals surface area contributed by atoms with Gasteiger partial charge in [-0.15, -0.1) is 13.2 Å². The number of halogens is 3. The van der Waals surface area contributed by atoms with Gasteiger partial charge in [-0.3, -0.25) is 0 Å². The number of H-pyrrole nitrogens is 1. The van der Waals surface area contributed by atoms with Crippen LogP contribution in [0.1, 0.15) is 17.3 Å². The van der Waals surface area contributed by atoms with Gasteiger partial charge < -0.3 is 14.5 Å². The number of carbonyl (C=O) groups is 1. The van der Waals surface area contributed by atoms with Gasteiger partial charge in [0, 0.05) is 11.8 Å². The number of hydrogen-bond acceptors (Lipinski definition) is 5. The second kappa shape index (κ2) is 6.42. The number of hydrogen-bond donors (Lipinski definition) is 1. The lowest BCUT2D eigenvalue weighted by Crippen LogP contribution is -2.17. The van der Waals surface area contributed by atoms with Gasteiger partial charge in [-0.25, -0.2) is 14.8 Å². The lowest BCUT2D eigenvalue weighted by Gasteiger charge is -2.10. The van der Waals surface area contributed by atoms with Gasteiger partial charge in [0.15, 0.2) is 0 Å². The van der Waals surface area contributed by atoms with Gasteiger partial charge in [0.05, 0.1) is 23.3 Å². The van der Waals surface area contributed by atoms with Crippen LogP contribution in [-0.4, -0.2) is 33.9 Å². The average Bonchev–Trinajstić information content (AvgIpc) is 2.98. The summed E-state index contributed by atoms with van der Waals surface area (Å²) in [6.07, 6.45) is -2.12. The number of fused-ring (bicyclic) bond motifs is 1. The molecular weight excluding hydrogens is 339 g/mol. The van der Waals surface area contributed by atoms with E-state index in [1.54, 1.807) is 13.0 Å². The molecule has 0 amide bonds. The summed E-state index contributed by atoms with van der Waals surface area (Å²) < 4.78 is 46.2. The van der Waals surface area contributed by atoms with Crippen molar-refractivity contribution in [3.8, 4) is 17.0 Å². The molecule has 0 saturated carbocycles. The van der Waals surface area contributed by atoms with E-state index in [2.05, 4.69) is 19.7 Å². The normalized spacial score (nSPS) is 11.5. The van der Waals surface area contributed by atoms with E-state index in [1.165, 1.54) is 30.7 Å². The Bertz CT molecular complexity index is 922. The van der Waals surface area contributed by atoms with Crippen LogP contribution in [0.15, 0.2) is 36.8 Å². The number of esters is 1. The molecule has 0 radical (unpaired) electrons. The Morgan fingerprint density at radius 3 is 2.80 bits per heavy atom. The molecule has 1 aromatic carbocycles. The zero-order valence-corrected chi connectivity index (χ0v) is 12.9. The summed E-state index contributed by atoms with van der Waals surface area (Å²) in [6.45, 7) is 1.85. The van der Waals surface area contributed by atoms with Gasteiger partial charge in [-0.2, -0.15) is 0 Å². The van der Waals surface area contributed by atoms with Crippen LogP contribution < -0.4 is 4.74 Å². The summed E-state index contributed by atoms with van der Waals surface area (Å²) in [7, 11) is 0. The summed E-state index contributed by atoms with van der Waals surface area (Å²) in [5, 5.41) is 0.366. The summed E-state index contributed by atoms with van der Waals surface area (Å²) >= 11 is 0. The Balaban J connectivity index is 2.11. The van der Waals surface area contributed by atoms with Crippen LogP contribution >= 0.6 is 0 Å². The van der Waals surface area contributed by atoms with E-state index in [-0.39, 0.29) is 17.9 Å². The molecule has 0 bridgehead atoms. The van der Waals surface area contributed by atoms with Crippen LogP contribution in [0, 0.1) is 0 Å². The minimum atomic E-state index is -4.80. The molecular formula is C16H12F3N3O3. The topological polar surface area (TPSA) is 77.1 Å². The highest BCUT2D eigenvalue weighted by Crippen LogP contribution is 2.32. The molecule has 0 unspecified atom stereocenters. The van der Waals surface area contributed by atoms with Gasteiger partial charge in [-0.05, 0) is 19.1 Å². The van der Waals surface area contributed by atoms with E-state index >= 15 is 0 Å². The van der Waals surface area contributed by atoms with Crippen LogP contribution in [0.2, 0.25) is 0 Å². The molecule has 3 aromatic rings. The molecule has 0 atom stereocenters. The molecule has 9 heteroatoms. The second-order valence-corrected chi connectivity index (χ2v) is 4.94. The van der Waals surface area contributed by atoms with Crippen molar-refractivity contribution in [3.63, 3.8) is 0 Å². The first-order valence-corrected chi connectivity index (χ1v) is 7.24. The minimum Gasteiger partial charge on any atom is -0.462 e. The van der Waals surface area contributed by atoms with Crippen LogP contribution in [0.4, 0.5) is 13.2 Å². The van der Waals surface area contributed by atoms with Crippen molar-refractivity contribution in [1.82, 2.24) is 15.0 Å². The zero-order chi connectivity index (χ0) is 18.0. The fourth-order valence-electron chi connectivity index (χ4n) is 2.39. The quantitative estimate of drug-likeness (QED) is 0.725. The number of ether oxygens (including phenoxy) is 2. The Morgan fingerprint density at radius 1 is 1.28 bits per heavy atom. The number of rotatable bonds is 4. The number of nitrogens with one attached hydrogen (secondary N) is 1. The van der Waals surface area contributed by atoms with Crippen LogP contribution in [0.25, 0.3) is 22.3 Å². The highest BCUT2D eigenvalue weighted by atomic mass is 19.4. The molecule has 0 aliphatic rings. The number of alkyl halides is 3. The number of carbonyl (C=O) groups excluding carboxylic acids is 1. The molecule has 6 nitrogen and oxygen atoms in total. The molecule has 0 spiro atoms. The first kappa shape index (κ1) is 16.7. The van der Waals surface area contributed by atoms with Crippen LogP contribution in [0.3, 0.4) is 0 Å². The third-order valence-electron chi connectivity index (χ3n) is 3.31. The van der Waals surface area contributed by atoms with Gasteiger partial charge in [0.25, 0.3) is 0 Å². The maximum absolute atomic E-state index is 12.4. The predicted octanol–water partition coefficient (Wildman–Crippen LogP) is 3.70. The van der Waals surface area contributed by atoms with E-state index < -0.39 is 12.3 Å². The molecule has 0 saturated heterocycles. The van der Waals surface area contributed by atoms with Crippen molar-refractivity contribution in [3.05, 3.63) is 42.4 Å². The maximum Gasteiger partial charge on any atom is 0.573 e. The average molecular weight is 351 g/mol. The molecule has 2 aromatic heterocycles. The molecule has 0 fully saturated rings. The van der Waals surface area contributed by atoms with Crippen molar-refractivity contribution < 1.29 is 27.4 Å². The van der Waals surface area contributed by atoms with E-state index in [0.29, 0.717) is 22.3 Å². The first-order chi connectivity index (χ1) is 11.9. The Labute approximate surface area is 139 Å². The number of nitrogens with zero attached hydrogens (tertiary/aromatic N) is 2. The summed E-state index contributed by atoms with van der Waals surface area (Å²) in [5.41, 5.74) is 1.21. The SMILES string of the molecule is CCOC(=O)c1c[nH]c2ncnc(-c3cccc(OC(F)(F)F)c3)c12. The molecule has 3 rings (SSSR count). The smallest absolute Gasteiger partial charge is 0.462 e. The van der Waals surface area contributed by atoms with Crippen molar-refractivity contribution in [2.24, 2.45) is 0 Å². The summed E-state index contributed by atoms with van der Waals surface area (Å²) in [6, 6.07) is 5.34. The summed E-state index contributed by atoms with van der Waals surface area (Å²) in [4.78, 5) is 23.1. The molecule has 1 N–H and O–H groups in total. The largest absolute Gasteiger partial charge is 0.573 e. The highest BCUT2D eigenvalue weighted by Gasteiger charge is 2.31. The molecule has 130 valence electrons. The van der Waals surface area contributed by atoms with Gasteiger partial charge in [-0.1, -0.05) is 12.1 Å². The fourth-order valence-corrected chi connectivity index (χ4v) is 2.39. The Hall–Kier alpha value is -3.10. The zero-order valence-electron chi connectivity index (χ0n) is 12.9. The van der Waals surface area contributed by atoms with Crippen molar-refractivity contribution >= 4 is 17.0 Å². The maximum atomic E-state index is 12.4. The van der Waals surface area contributed by atoms with Crippen molar-refractivity contribution in [2.75, 3.05) is 6.61 Å². The molecule has 25 heavy (non-hydrogen) atoms. The van der Waals surface area contributed by atoms with Crippen molar-refractivity contribution in [2.45, 2.75) is 13.3 Å². The molecule has 2 heterocycles. The van der Waals surface area contributed by atoms with Gasteiger partial charge in [0.1, 0.15) is 17.7 Å². The molecule has 0 aliphatic carbocycles. The summed E-state index contributed by atoms with van der Waals surface area (Å²) in [5.74, 6) is -0.961. The van der Waals surface area contributed by atoms with E-state index in [4.69, 9.17) is 4.74 Å². The Morgan fingerprint density at radius 2 is 2.08 bits per heavy atom. The van der Waals surface area contributed by atoms with Gasteiger partial charge >= 0.3 is 12.3 Å². The van der Waals surface area contributed by atoms with Crippen LogP contribution in [-0.2, 0) is 4.74 Å². The standard InChI is InChI=1S/C16H12F3N3O3/c1-2-24-15(23)11-7-20-14-12(11)13(21-8-22-14)9-4-3-5-10(6-9)25-16(17,18)19/h3-8H,2H2,1H3,(H,20,21,22). The van der Waals surface area contributed by atoms with E-state index in [0.717, 1.165) is 0 Å². The number of benzene rings is 1. The fraction of sp³-hybridized carbons (Fsp3) is 0.188. The monoisotopic (exact) mass is 351 g/mol. The third kappa shape index (κ3) is 3.54. The minimum absolute atomic E-state index is 0.184. The Kier molecular flexibility index (Phi) is 4.30. The highest BCUT2D eigenvalue weighted by molar-refractivity contribution is 6.08. The van der Waals surface area contributed by atoms with Gasteiger partial charge in [0.2, 0.25) is 0 Å². The van der Waals surface area contributed by atoms with Crippen molar-refractivity contribution in [1.29, 1.82) is 0 Å². The lowest BCUT2D eigenvalue weighted by molar-refractivity contribution is -0.274. The first-order valence-electron chi connectivity index (χ1n) is 7.24. The van der Waals surface area contributed by atoms with Crippen LogP contribution in [0.5, 0.6) is 5.75 Å². The third-order valence-corrected chi connectivity index (χ3v) is 3.31. The van der Waals surface area contributed by atoms with E-state index in [9.17, 15) is 18.0 Å². The second-order valence-electron chi connectivity index (χ2n) is 4.94. The predicted molar refractivity (Wildman–Crippen MR) is 82.0 cm³/mol.